The lowest BCUT2D eigenvalue weighted by Gasteiger charge is -2.28. The van der Waals surface area contributed by atoms with Crippen molar-refractivity contribution >= 4 is 42.0 Å². The number of thiol groups is 1. The first-order valence-corrected chi connectivity index (χ1v) is 12.2. The molecule has 188 valence electrons. The van der Waals surface area contributed by atoms with Crippen LogP contribution in [-0.4, -0.2) is 38.9 Å². The molecule has 0 aliphatic rings. The molecule has 35 heavy (non-hydrogen) atoms. The van der Waals surface area contributed by atoms with E-state index in [1.54, 1.807) is 12.4 Å². The van der Waals surface area contributed by atoms with Gasteiger partial charge in [0.2, 0.25) is 0 Å². The van der Waals surface area contributed by atoms with E-state index in [0.717, 1.165) is 22.3 Å². The van der Waals surface area contributed by atoms with Gasteiger partial charge in [-0.25, -0.2) is 9.97 Å². The monoisotopic (exact) mass is 538 g/mol. The van der Waals surface area contributed by atoms with Crippen LogP contribution in [0.5, 0.6) is 11.5 Å². The number of nitrogens with two attached hydrogens (primary N) is 1. The molecule has 0 amide bonds. The lowest BCUT2D eigenvalue weighted by atomic mass is 9.77. The average Bonchev–Trinajstić information content (AvgIpc) is 2.81. The molecule has 0 saturated heterocycles. The van der Waals surface area contributed by atoms with Crippen molar-refractivity contribution in [3.8, 4) is 11.5 Å². The van der Waals surface area contributed by atoms with E-state index in [1.807, 2.05) is 36.4 Å². The van der Waals surface area contributed by atoms with E-state index in [1.165, 1.54) is 7.05 Å². The smallest absolute Gasteiger partial charge is 0.273 e. The Morgan fingerprint density at radius 1 is 1.11 bits per heavy atom. The predicted octanol–water partition coefficient (Wildman–Crippen LogP) is 5.12. The molecule has 2 aromatic carbocycles. The molecular formula is C24H30Cl2N5O3S+. The summed E-state index contributed by atoms with van der Waals surface area (Å²) >= 11 is 16.2. The van der Waals surface area contributed by atoms with Crippen LogP contribution in [-0.2, 0) is 18.6 Å². The molecule has 11 heteroatoms. The van der Waals surface area contributed by atoms with Crippen molar-refractivity contribution in [2.24, 2.45) is 5.73 Å². The molecule has 1 aromatic heterocycles. The van der Waals surface area contributed by atoms with Gasteiger partial charge in [-0.05, 0) is 39.6 Å². The SMILES string of the molecule is CC(C)(c1ccc(OCc2cnc(N[N+](C)(O)S)nc2)cc1)c1cc(Cl)c(OCCCl)c(CN)c1. The molecule has 0 radical (unpaired) electrons. The summed E-state index contributed by atoms with van der Waals surface area (Å²) in [6.07, 6.45) is 3.24. The molecule has 8 nitrogen and oxygen atoms in total. The highest BCUT2D eigenvalue weighted by Gasteiger charge is 2.26. The summed E-state index contributed by atoms with van der Waals surface area (Å²) in [4.78, 5) is 8.28. The molecule has 3 aromatic rings. The fourth-order valence-electron chi connectivity index (χ4n) is 3.44. The molecule has 1 unspecified atom stereocenters. The first-order chi connectivity index (χ1) is 16.5. The fourth-order valence-corrected chi connectivity index (χ4v) is 3.90. The number of ether oxygens (including phenoxy) is 2. The molecule has 1 heterocycles. The Kier molecular flexibility index (Phi) is 9.09. The number of quaternary nitrogens is 1. The molecule has 3 rings (SSSR count). The van der Waals surface area contributed by atoms with Crippen molar-refractivity contribution in [1.29, 1.82) is 0 Å². The number of anilines is 1. The van der Waals surface area contributed by atoms with E-state index in [-0.39, 0.29) is 11.4 Å². The lowest BCUT2D eigenvalue weighted by Crippen LogP contribution is -2.36. The van der Waals surface area contributed by atoms with E-state index >= 15 is 0 Å². The van der Waals surface area contributed by atoms with Gasteiger partial charge in [-0.15, -0.1) is 11.6 Å². The highest BCUT2D eigenvalue weighted by atomic mass is 35.5. The normalized spacial score (nSPS) is 13.3. The molecule has 4 N–H and O–H groups in total. The van der Waals surface area contributed by atoms with Gasteiger partial charge in [0.1, 0.15) is 44.6 Å². The van der Waals surface area contributed by atoms with Crippen molar-refractivity contribution in [3.05, 3.63) is 76.1 Å². The Morgan fingerprint density at radius 3 is 2.34 bits per heavy atom. The van der Waals surface area contributed by atoms with Crippen LogP contribution in [0.4, 0.5) is 5.95 Å². The van der Waals surface area contributed by atoms with Crippen molar-refractivity contribution in [2.75, 3.05) is 25.0 Å². The quantitative estimate of drug-likeness (QED) is 0.116. The molecule has 0 bridgehead atoms. The Labute approximate surface area is 221 Å². The minimum atomic E-state index is -0.774. The number of halogens is 2. The van der Waals surface area contributed by atoms with Crippen molar-refractivity contribution in [3.63, 3.8) is 0 Å². The van der Waals surface area contributed by atoms with E-state index in [9.17, 15) is 5.21 Å². The van der Waals surface area contributed by atoms with Gasteiger partial charge in [-0.2, -0.15) is 10.6 Å². The number of rotatable bonds is 11. The van der Waals surface area contributed by atoms with Crippen LogP contribution in [0.15, 0.2) is 48.8 Å². The number of hydrogen-bond donors (Lipinski definition) is 4. The maximum Gasteiger partial charge on any atom is 0.273 e. The molecule has 0 saturated carbocycles. The van der Waals surface area contributed by atoms with E-state index < -0.39 is 4.16 Å². The summed E-state index contributed by atoms with van der Waals surface area (Å²) in [7, 11) is 1.42. The minimum absolute atomic E-state index is 0.247. The van der Waals surface area contributed by atoms with Crippen LogP contribution >= 0.6 is 36.0 Å². The first-order valence-electron chi connectivity index (χ1n) is 10.9. The maximum atomic E-state index is 9.59. The Balaban J connectivity index is 1.70. The second-order valence-corrected chi connectivity index (χ2v) is 10.1. The number of hydroxylamine groups is 1. The summed E-state index contributed by atoms with van der Waals surface area (Å²) in [5.74, 6) is 1.92. The van der Waals surface area contributed by atoms with Crippen molar-refractivity contribution in [2.45, 2.75) is 32.4 Å². The number of nitrogens with one attached hydrogen (secondary N) is 1. The fraction of sp³-hybridized carbons (Fsp3) is 0.333. The van der Waals surface area contributed by atoms with Gasteiger partial charge in [0.15, 0.2) is 0 Å². The van der Waals surface area contributed by atoms with Gasteiger partial charge >= 0.3 is 0 Å². The second-order valence-electron chi connectivity index (χ2n) is 8.57. The number of aromatic nitrogens is 2. The first kappa shape index (κ1) is 27.3. The summed E-state index contributed by atoms with van der Waals surface area (Å²) in [6, 6.07) is 11.8. The Morgan fingerprint density at radius 2 is 1.77 bits per heavy atom. The van der Waals surface area contributed by atoms with Crippen molar-refractivity contribution in [1.82, 2.24) is 9.97 Å². The average molecular weight is 540 g/mol. The minimum Gasteiger partial charge on any atom is -0.490 e. The molecule has 1 atom stereocenters. The topological polar surface area (TPSA) is 103 Å². The third-order valence-corrected chi connectivity index (χ3v) is 5.92. The molecular weight excluding hydrogens is 509 g/mol. The van der Waals surface area contributed by atoms with E-state index in [0.29, 0.717) is 42.2 Å². The number of benzene rings is 2. The highest BCUT2D eigenvalue weighted by molar-refractivity contribution is 7.74. The van der Waals surface area contributed by atoms with E-state index in [2.05, 4.69) is 42.1 Å². The molecule has 0 fully saturated rings. The molecule has 0 aliphatic heterocycles. The zero-order valence-electron chi connectivity index (χ0n) is 19.8. The van der Waals surface area contributed by atoms with Crippen LogP contribution in [0.2, 0.25) is 5.02 Å². The summed E-state index contributed by atoms with van der Waals surface area (Å²) in [5, 5.41) is 10.1. The summed E-state index contributed by atoms with van der Waals surface area (Å²) < 4.78 is 10.8. The van der Waals surface area contributed by atoms with Crippen molar-refractivity contribution < 1.29 is 18.8 Å². The molecule has 0 spiro atoms. The van der Waals surface area contributed by atoms with Gasteiger partial charge in [-0.1, -0.05) is 37.6 Å². The largest absolute Gasteiger partial charge is 0.490 e. The van der Waals surface area contributed by atoms with Crippen LogP contribution in [0.3, 0.4) is 0 Å². The Hall–Kier alpha value is -2.27. The van der Waals surface area contributed by atoms with Gasteiger partial charge in [-0.3, -0.25) is 0 Å². The zero-order valence-corrected chi connectivity index (χ0v) is 22.2. The van der Waals surface area contributed by atoms with Crippen LogP contribution in [0.25, 0.3) is 0 Å². The van der Waals surface area contributed by atoms with Gasteiger partial charge in [0.05, 0.1) is 10.9 Å². The van der Waals surface area contributed by atoms with E-state index in [4.69, 9.17) is 38.4 Å². The molecule has 0 aliphatic carbocycles. The standard InChI is InChI=1S/C24H30Cl2N5O3S/c1-24(2,19-10-17(12-27)22(21(26)11-19)33-9-8-25)18-4-6-20(7-5-18)34-15-16-13-28-23(29-14-16)30-31(3,32)35/h4-7,10-11,13-14,32,35H,8-9,12,15,27H2,1-3H3,(H,28,29,30)/q+1. The number of alkyl halides is 1. The summed E-state index contributed by atoms with van der Waals surface area (Å²) in [5.41, 5.74) is 12.0. The second kappa shape index (κ2) is 11.6. The maximum absolute atomic E-state index is 9.59. The number of hydrogen-bond acceptors (Lipinski definition) is 8. The predicted molar refractivity (Wildman–Crippen MR) is 141 cm³/mol. The third-order valence-electron chi connectivity index (χ3n) is 5.38. The van der Waals surface area contributed by atoms with Gasteiger partial charge in [0.25, 0.3) is 5.95 Å². The third kappa shape index (κ3) is 7.36. The van der Waals surface area contributed by atoms with Crippen LogP contribution in [0.1, 0.15) is 36.1 Å². The zero-order chi connectivity index (χ0) is 25.6. The lowest BCUT2D eigenvalue weighted by molar-refractivity contribution is -0.955. The van der Waals surface area contributed by atoms with Gasteiger partial charge in [0, 0.05) is 35.5 Å². The Bertz CT molecular complexity index is 1120. The van der Waals surface area contributed by atoms with Crippen LogP contribution < -0.4 is 20.6 Å². The summed E-state index contributed by atoms with van der Waals surface area (Å²) in [6.45, 7) is 5.23. The highest BCUT2D eigenvalue weighted by Crippen LogP contribution is 2.38. The van der Waals surface area contributed by atoms with Crippen LogP contribution in [0, 0.1) is 0 Å². The van der Waals surface area contributed by atoms with Gasteiger partial charge < -0.3 is 15.2 Å². The number of nitrogens with zero attached hydrogens (tertiary/aromatic N) is 3.